The van der Waals surface area contributed by atoms with Gasteiger partial charge in [0.2, 0.25) is 0 Å². The number of nitrogens with zero attached hydrogens (tertiary/aromatic N) is 1. The summed E-state index contributed by atoms with van der Waals surface area (Å²) in [6.07, 6.45) is 0.400. The third-order valence-electron chi connectivity index (χ3n) is 3.17. The van der Waals surface area contributed by atoms with Gasteiger partial charge < -0.3 is 4.74 Å². The third-order valence-corrected chi connectivity index (χ3v) is 3.17. The van der Waals surface area contributed by atoms with Crippen LogP contribution < -0.4 is 0 Å². The summed E-state index contributed by atoms with van der Waals surface area (Å²) >= 11 is 0. The van der Waals surface area contributed by atoms with E-state index >= 15 is 0 Å². The fourth-order valence-electron chi connectivity index (χ4n) is 2.12. The Hall–Kier alpha value is -0.860. The Bertz CT molecular complexity index is 310. The molecule has 0 radical (unpaired) electrons. The molecule has 0 spiro atoms. The van der Waals surface area contributed by atoms with E-state index in [-0.39, 0.29) is 0 Å². The Morgan fingerprint density at radius 2 is 2.06 bits per heavy atom. The van der Waals surface area contributed by atoms with Gasteiger partial charge in [0.25, 0.3) is 0 Å². The summed E-state index contributed by atoms with van der Waals surface area (Å²) in [6.45, 7) is 8.50. The smallest absolute Gasteiger partial charge is 0.0725 e. The van der Waals surface area contributed by atoms with Gasteiger partial charge in [-0.2, -0.15) is 0 Å². The van der Waals surface area contributed by atoms with E-state index in [9.17, 15) is 0 Å². The molecule has 0 amide bonds. The Morgan fingerprint density at radius 1 is 1.31 bits per heavy atom. The standard InChI is InChI=1S/C14H21NO/c1-12(2)14-11-15(8-9-16-14)10-13-6-4-3-5-7-13/h3-7,12,14H,8-11H2,1-2H3. The van der Waals surface area contributed by atoms with Crippen LogP contribution in [0, 0.1) is 5.92 Å². The highest BCUT2D eigenvalue weighted by molar-refractivity contribution is 5.14. The van der Waals surface area contributed by atoms with E-state index in [1.807, 2.05) is 0 Å². The summed E-state index contributed by atoms with van der Waals surface area (Å²) in [5, 5.41) is 0. The maximum absolute atomic E-state index is 5.77. The van der Waals surface area contributed by atoms with Crippen LogP contribution in [0.3, 0.4) is 0 Å². The number of ether oxygens (including phenoxy) is 1. The lowest BCUT2D eigenvalue weighted by atomic mass is 10.1. The highest BCUT2D eigenvalue weighted by atomic mass is 16.5. The number of hydrogen-bond acceptors (Lipinski definition) is 2. The van der Waals surface area contributed by atoms with Gasteiger partial charge in [-0.15, -0.1) is 0 Å². The van der Waals surface area contributed by atoms with Gasteiger partial charge >= 0.3 is 0 Å². The van der Waals surface area contributed by atoms with Crippen LogP contribution in [0.25, 0.3) is 0 Å². The van der Waals surface area contributed by atoms with Crippen molar-refractivity contribution in [2.45, 2.75) is 26.5 Å². The van der Waals surface area contributed by atoms with E-state index < -0.39 is 0 Å². The average molecular weight is 219 g/mol. The molecule has 2 heteroatoms. The van der Waals surface area contributed by atoms with Gasteiger partial charge in [-0.05, 0) is 11.5 Å². The Kier molecular flexibility index (Phi) is 3.97. The van der Waals surface area contributed by atoms with Gasteiger partial charge in [0.15, 0.2) is 0 Å². The van der Waals surface area contributed by atoms with Crippen LogP contribution in [0.5, 0.6) is 0 Å². The maximum atomic E-state index is 5.77. The Balaban J connectivity index is 1.90. The fraction of sp³-hybridized carbons (Fsp3) is 0.571. The zero-order chi connectivity index (χ0) is 11.4. The zero-order valence-corrected chi connectivity index (χ0v) is 10.2. The van der Waals surface area contributed by atoms with Crippen molar-refractivity contribution in [2.24, 2.45) is 5.92 Å². The van der Waals surface area contributed by atoms with Crippen molar-refractivity contribution in [3.8, 4) is 0 Å². The van der Waals surface area contributed by atoms with Crippen LogP contribution in [-0.4, -0.2) is 30.7 Å². The number of benzene rings is 1. The normalized spacial score (nSPS) is 22.6. The van der Waals surface area contributed by atoms with Gasteiger partial charge in [-0.25, -0.2) is 0 Å². The highest BCUT2D eigenvalue weighted by Gasteiger charge is 2.22. The molecule has 0 N–H and O–H groups in total. The lowest BCUT2D eigenvalue weighted by Crippen LogP contribution is -2.44. The highest BCUT2D eigenvalue weighted by Crippen LogP contribution is 2.15. The average Bonchev–Trinajstić information content (AvgIpc) is 2.30. The zero-order valence-electron chi connectivity index (χ0n) is 10.2. The summed E-state index contributed by atoms with van der Waals surface area (Å²) in [5.41, 5.74) is 1.40. The molecule has 1 saturated heterocycles. The molecule has 88 valence electrons. The second-order valence-electron chi connectivity index (χ2n) is 4.87. The minimum atomic E-state index is 0.400. The summed E-state index contributed by atoms with van der Waals surface area (Å²) in [4.78, 5) is 2.49. The van der Waals surface area contributed by atoms with E-state index in [4.69, 9.17) is 4.74 Å². The molecular weight excluding hydrogens is 198 g/mol. The van der Waals surface area contributed by atoms with Crippen molar-refractivity contribution in [2.75, 3.05) is 19.7 Å². The molecule has 1 aliphatic heterocycles. The second kappa shape index (κ2) is 5.46. The third kappa shape index (κ3) is 3.06. The first-order chi connectivity index (χ1) is 7.75. The predicted molar refractivity (Wildman–Crippen MR) is 66.3 cm³/mol. The molecule has 0 saturated carbocycles. The van der Waals surface area contributed by atoms with Gasteiger partial charge in [-0.3, -0.25) is 4.90 Å². The molecule has 0 bridgehead atoms. The Morgan fingerprint density at radius 3 is 2.75 bits per heavy atom. The molecular formula is C14H21NO. The van der Waals surface area contributed by atoms with Crippen molar-refractivity contribution >= 4 is 0 Å². The minimum Gasteiger partial charge on any atom is -0.375 e. The number of rotatable bonds is 3. The van der Waals surface area contributed by atoms with E-state index in [0.29, 0.717) is 12.0 Å². The van der Waals surface area contributed by atoms with Gasteiger partial charge in [-0.1, -0.05) is 44.2 Å². The van der Waals surface area contributed by atoms with Gasteiger partial charge in [0.05, 0.1) is 12.7 Å². The summed E-state index contributed by atoms with van der Waals surface area (Å²) in [7, 11) is 0. The van der Waals surface area contributed by atoms with Crippen LogP contribution >= 0.6 is 0 Å². The first kappa shape index (κ1) is 11.6. The molecule has 1 heterocycles. The molecule has 1 atom stereocenters. The SMILES string of the molecule is CC(C)C1CN(Cc2ccccc2)CCO1. The predicted octanol–water partition coefficient (Wildman–Crippen LogP) is 2.54. The molecule has 1 aromatic carbocycles. The van der Waals surface area contributed by atoms with Crippen molar-refractivity contribution in [1.82, 2.24) is 4.90 Å². The van der Waals surface area contributed by atoms with Crippen LogP contribution in [0.1, 0.15) is 19.4 Å². The molecule has 1 fully saturated rings. The summed E-state index contributed by atoms with van der Waals surface area (Å²) in [6, 6.07) is 10.7. The second-order valence-corrected chi connectivity index (χ2v) is 4.87. The van der Waals surface area contributed by atoms with Crippen molar-refractivity contribution in [3.05, 3.63) is 35.9 Å². The first-order valence-corrected chi connectivity index (χ1v) is 6.13. The largest absolute Gasteiger partial charge is 0.375 e. The lowest BCUT2D eigenvalue weighted by Gasteiger charge is -2.34. The van der Waals surface area contributed by atoms with Gasteiger partial charge in [0, 0.05) is 19.6 Å². The topological polar surface area (TPSA) is 12.5 Å². The number of hydrogen-bond donors (Lipinski definition) is 0. The molecule has 1 aromatic rings. The monoisotopic (exact) mass is 219 g/mol. The molecule has 16 heavy (non-hydrogen) atoms. The molecule has 0 aromatic heterocycles. The summed E-state index contributed by atoms with van der Waals surface area (Å²) < 4.78 is 5.77. The van der Waals surface area contributed by atoms with Crippen molar-refractivity contribution < 1.29 is 4.74 Å². The van der Waals surface area contributed by atoms with Crippen LogP contribution in [-0.2, 0) is 11.3 Å². The van der Waals surface area contributed by atoms with E-state index in [0.717, 1.165) is 26.2 Å². The number of morpholine rings is 1. The molecule has 0 aliphatic carbocycles. The Labute approximate surface area is 98.2 Å². The fourth-order valence-corrected chi connectivity index (χ4v) is 2.12. The maximum Gasteiger partial charge on any atom is 0.0725 e. The minimum absolute atomic E-state index is 0.400. The van der Waals surface area contributed by atoms with Crippen LogP contribution in [0.15, 0.2) is 30.3 Å². The molecule has 2 nitrogen and oxygen atoms in total. The van der Waals surface area contributed by atoms with Crippen molar-refractivity contribution in [1.29, 1.82) is 0 Å². The molecule has 1 aliphatic rings. The van der Waals surface area contributed by atoms with Crippen molar-refractivity contribution in [3.63, 3.8) is 0 Å². The van der Waals surface area contributed by atoms with Crippen LogP contribution in [0.4, 0.5) is 0 Å². The first-order valence-electron chi connectivity index (χ1n) is 6.13. The van der Waals surface area contributed by atoms with Crippen LogP contribution in [0.2, 0.25) is 0 Å². The quantitative estimate of drug-likeness (QED) is 0.774. The van der Waals surface area contributed by atoms with E-state index in [2.05, 4.69) is 49.1 Å². The van der Waals surface area contributed by atoms with Gasteiger partial charge in [0.1, 0.15) is 0 Å². The van der Waals surface area contributed by atoms with E-state index in [1.165, 1.54) is 5.56 Å². The molecule has 1 unspecified atom stereocenters. The lowest BCUT2D eigenvalue weighted by molar-refractivity contribution is -0.0529. The van der Waals surface area contributed by atoms with E-state index in [1.54, 1.807) is 0 Å². The summed E-state index contributed by atoms with van der Waals surface area (Å²) in [5.74, 6) is 0.610. The molecule has 2 rings (SSSR count).